The second-order valence-electron chi connectivity index (χ2n) is 5.48. The summed E-state index contributed by atoms with van der Waals surface area (Å²) in [6.45, 7) is 5.91. The minimum atomic E-state index is 0.723. The Balaban J connectivity index is 2.17. The van der Waals surface area contributed by atoms with Crippen molar-refractivity contribution in [2.24, 2.45) is 7.05 Å². The molecule has 2 aromatic heterocycles. The number of hydrogen-bond donors (Lipinski definition) is 0. The average Bonchev–Trinajstić information content (AvgIpc) is 2.47. The van der Waals surface area contributed by atoms with Crippen molar-refractivity contribution in [3.63, 3.8) is 0 Å². The smallest absolute Gasteiger partial charge is 0.213 e. The van der Waals surface area contributed by atoms with E-state index < -0.39 is 0 Å². The van der Waals surface area contributed by atoms with E-state index in [9.17, 15) is 0 Å². The van der Waals surface area contributed by atoms with E-state index in [-0.39, 0.29) is 0 Å². The third kappa shape index (κ3) is 2.72. The van der Waals surface area contributed by atoms with E-state index in [2.05, 4.69) is 63.8 Å². The molecule has 0 bridgehead atoms. The van der Waals surface area contributed by atoms with Crippen molar-refractivity contribution in [2.45, 2.75) is 20.8 Å². The molecule has 0 saturated heterocycles. The minimum Gasteiger partial charge on any atom is -0.219 e. The van der Waals surface area contributed by atoms with E-state index in [1.807, 2.05) is 26.1 Å². The molecule has 3 rings (SSSR count). The van der Waals surface area contributed by atoms with Gasteiger partial charge in [-0.2, -0.15) is 0 Å². The molecule has 0 aliphatic rings. The Morgan fingerprint density at radius 2 is 1.55 bits per heavy atom. The number of pyridine rings is 1. The topological polar surface area (TPSA) is 42.5 Å². The monoisotopic (exact) mass is 291 g/mol. The van der Waals surface area contributed by atoms with Crippen molar-refractivity contribution in [1.82, 2.24) is 15.0 Å². The summed E-state index contributed by atoms with van der Waals surface area (Å²) in [5, 5.41) is 0. The Morgan fingerprint density at radius 3 is 2.23 bits per heavy atom. The predicted molar refractivity (Wildman–Crippen MR) is 86.1 cm³/mol. The molecular weight excluding hydrogens is 272 g/mol. The van der Waals surface area contributed by atoms with Crippen LogP contribution in [-0.2, 0) is 7.05 Å². The van der Waals surface area contributed by atoms with E-state index in [0.717, 1.165) is 28.7 Å². The van der Waals surface area contributed by atoms with E-state index in [4.69, 9.17) is 0 Å². The lowest BCUT2D eigenvalue weighted by atomic mass is 10.0. The number of hydrogen-bond acceptors (Lipinski definition) is 3. The van der Waals surface area contributed by atoms with E-state index in [1.54, 1.807) is 0 Å². The molecule has 0 unspecified atom stereocenters. The van der Waals surface area contributed by atoms with E-state index >= 15 is 0 Å². The van der Waals surface area contributed by atoms with Crippen molar-refractivity contribution < 1.29 is 4.57 Å². The molecule has 0 N–H and O–H groups in total. The summed E-state index contributed by atoms with van der Waals surface area (Å²) in [4.78, 5) is 13.2. The van der Waals surface area contributed by atoms with Crippen molar-refractivity contribution in [1.29, 1.82) is 0 Å². The highest BCUT2D eigenvalue weighted by Crippen LogP contribution is 2.23. The van der Waals surface area contributed by atoms with Gasteiger partial charge in [-0.05, 0) is 32.4 Å². The summed E-state index contributed by atoms with van der Waals surface area (Å²) in [6.07, 6.45) is 2.05. The summed E-state index contributed by atoms with van der Waals surface area (Å²) < 4.78 is 2.12. The van der Waals surface area contributed by atoms with Gasteiger partial charge in [-0.3, -0.25) is 0 Å². The molecule has 3 aromatic rings. The zero-order valence-corrected chi connectivity index (χ0v) is 13.3. The molecule has 22 heavy (non-hydrogen) atoms. The molecule has 0 aliphatic carbocycles. The molecule has 0 aliphatic heterocycles. The first-order valence-electron chi connectivity index (χ1n) is 7.30. The highest BCUT2D eigenvalue weighted by Gasteiger charge is 2.15. The summed E-state index contributed by atoms with van der Waals surface area (Å²) in [5.41, 5.74) is 4.61. The van der Waals surface area contributed by atoms with Crippen LogP contribution in [0.4, 0.5) is 0 Å². The summed E-state index contributed by atoms with van der Waals surface area (Å²) in [5.74, 6) is 2.21. The van der Waals surface area contributed by atoms with Gasteiger partial charge < -0.3 is 0 Å². The third-order valence-electron chi connectivity index (χ3n) is 3.69. The highest BCUT2D eigenvalue weighted by molar-refractivity contribution is 5.66. The Morgan fingerprint density at radius 1 is 0.864 bits per heavy atom. The van der Waals surface area contributed by atoms with Gasteiger partial charge in [0.2, 0.25) is 5.69 Å². The largest absolute Gasteiger partial charge is 0.219 e. The van der Waals surface area contributed by atoms with Gasteiger partial charge in [0.15, 0.2) is 12.0 Å². The highest BCUT2D eigenvalue weighted by atomic mass is 15.0. The van der Waals surface area contributed by atoms with Crippen LogP contribution >= 0.6 is 0 Å². The van der Waals surface area contributed by atoms with Gasteiger partial charge in [-0.15, -0.1) is 0 Å². The van der Waals surface area contributed by atoms with Crippen LogP contribution in [0.3, 0.4) is 0 Å². The first kappa shape index (κ1) is 14.3. The maximum atomic E-state index is 4.46. The SMILES string of the molecule is Cc1nc(C)nc(-c2cc[n+](C)c(-c3ccccc3C)c2)n1. The Bertz CT molecular complexity index is 820. The Labute approximate surface area is 130 Å². The van der Waals surface area contributed by atoms with E-state index in [1.165, 1.54) is 11.1 Å². The van der Waals surface area contributed by atoms with Gasteiger partial charge in [0.1, 0.15) is 18.7 Å². The molecule has 0 atom stereocenters. The maximum Gasteiger partial charge on any atom is 0.213 e. The second kappa shape index (κ2) is 5.64. The van der Waals surface area contributed by atoms with Crippen molar-refractivity contribution >= 4 is 0 Å². The molecular formula is C18H19N4+. The lowest BCUT2D eigenvalue weighted by Crippen LogP contribution is -2.30. The number of rotatable bonds is 2. The second-order valence-corrected chi connectivity index (χ2v) is 5.48. The molecule has 2 heterocycles. The van der Waals surface area contributed by atoms with Crippen molar-refractivity contribution in [3.05, 3.63) is 59.8 Å². The minimum absolute atomic E-state index is 0.723. The first-order chi connectivity index (χ1) is 10.5. The Kier molecular flexibility index (Phi) is 3.67. The fourth-order valence-corrected chi connectivity index (χ4v) is 2.58. The van der Waals surface area contributed by atoms with E-state index in [0.29, 0.717) is 0 Å². The van der Waals surface area contributed by atoms with Gasteiger partial charge in [0.05, 0.1) is 0 Å². The number of aryl methyl sites for hydroxylation is 4. The molecule has 0 spiro atoms. The van der Waals surface area contributed by atoms with Crippen molar-refractivity contribution in [3.8, 4) is 22.6 Å². The standard InChI is InChI=1S/C18H19N4/c1-12-7-5-6-8-16(12)17-11-15(9-10-22(17)4)18-20-13(2)19-14(3)21-18/h5-11H,1-4H3/q+1. The zero-order chi connectivity index (χ0) is 15.7. The molecule has 4 heteroatoms. The van der Waals surface area contributed by atoms with Gasteiger partial charge in [0.25, 0.3) is 0 Å². The van der Waals surface area contributed by atoms with Crippen LogP contribution in [0.15, 0.2) is 42.6 Å². The van der Waals surface area contributed by atoms with Gasteiger partial charge in [-0.25, -0.2) is 19.5 Å². The summed E-state index contributed by atoms with van der Waals surface area (Å²) >= 11 is 0. The van der Waals surface area contributed by atoms with Gasteiger partial charge in [-0.1, -0.05) is 18.2 Å². The zero-order valence-electron chi connectivity index (χ0n) is 13.3. The van der Waals surface area contributed by atoms with Crippen LogP contribution in [0.5, 0.6) is 0 Å². The number of nitrogens with zero attached hydrogens (tertiary/aromatic N) is 4. The summed E-state index contributed by atoms with van der Waals surface area (Å²) in [6, 6.07) is 12.6. The number of benzene rings is 1. The normalized spacial score (nSPS) is 10.7. The average molecular weight is 291 g/mol. The fraction of sp³-hybridized carbons (Fsp3) is 0.222. The van der Waals surface area contributed by atoms with Crippen LogP contribution in [0.2, 0.25) is 0 Å². The van der Waals surface area contributed by atoms with Gasteiger partial charge >= 0.3 is 0 Å². The molecule has 0 radical (unpaired) electrons. The van der Waals surface area contributed by atoms with Crippen LogP contribution < -0.4 is 4.57 Å². The molecule has 4 nitrogen and oxygen atoms in total. The van der Waals surface area contributed by atoms with Crippen LogP contribution in [-0.4, -0.2) is 15.0 Å². The van der Waals surface area contributed by atoms with Crippen LogP contribution in [0, 0.1) is 20.8 Å². The van der Waals surface area contributed by atoms with Crippen molar-refractivity contribution in [2.75, 3.05) is 0 Å². The van der Waals surface area contributed by atoms with Crippen LogP contribution in [0.1, 0.15) is 17.2 Å². The first-order valence-corrected chi connectivity index (χ1v) is 7.30. The lowest BCUT2D eigenvalue weighted by molar-refractivity contribution is -0.660. The quantitative estimate of drug-likeness (QED) is 0.682. The number of aromatic nitrogens is 4. The maximum absolute atomic E-state index is 4.46. The Hall–Kier alpha value is -2.62. The summed E-state index contributed by atoms with van der Waals surface area (Å²) in [7, 11) is 2.05. The molecule has 0 fully saturated rings. The lowest BCUT2D eigenvalue weighted by Gasteiger charge is -2.07. The van der Waals surface area contributed by atoms with Gasteiger partial charge in [0, 0.05) is 23.3 Å². The van der Waals surface area contributed by atoms with Crippen LogP contribution in [0.25, 0.3) is 22.6 Å². The molecule has 110 valence electrons. The predicted octanol–water partition coefficient (Wildman–Crippen LogP) is 2.96. The molecule has 0 amide bonds. The molecule has 0 saturated carbocycles. The third-order valence-corrected chi connectivity index (χ3v) is 3.69. The fourth-order valence-electron chi connectivity index (χ4n) is 2.58. The molecule has 1 aromatic carbocycles.